The van der Waals surface area contributed by atoms with E-state index in [4.69, 9.17) is 5.73 Å². The molecule has 0 aromatic rings. The minimum absolute atomic E-state index is 0.318. The zero-order chi connectivity index (χ0) is 10.8. The van der Waals surface area contributed by atoms with Gasteiger partial charge in [-0.25, -0.2) is 8.42 Å². The van der Waals surface area contributed by atoms with E-state index in [1.807, 2.05) is 12.2 Å². The largest absolute Gasteiger partial charge is 0.367 e. The number of sulfonamides is 1. The Morgan fingerprint density at radius 3 is 2.79 bits per heavy atom. The molecule has 0 bridgehead atoms. The quantitative estimate of drug-likeness (QED) is 0.649. The van der Waals surface area contributed by atoms with E-state index in [0.717, 1.165) is 11.8 Å². The summed E-state index contributed by atoms with van der Waals surface area (Å²) in [5, 5.41) is 2.99. The Labute approximate surface area is 84.3 Å². The maximum Gasteiger partial charge on any atom is 0.233 e. The highest BCUT2D eigenvalue weighted by molar-refractivity contribution is 7.88. The standard InChI is InChI=1S/C8H15N3O2S/c1-11(14(2,12)13)8-7(6-9)4-3-5-10-8/h3-4,10H,5-6,9H2,1-2H3. The van der Waals surface area contributed by atoms with Crippen molar-refractivity contribution in [3.05, 3.63) is 23.5 Å². The molecule has 0 aromatic carbocycles. The molecule has 1 aliphatic rings. The van der Waals surface area contributed by atoms with Crippen molar-refractivity contribution < 1.29 is 8.42 Å². The van der Waals surface area contributed by atoms with E-state index in [0.29, 0.717) is 18.9 Å². The molecule has 1 rings (SSSR count). The van der Waals surface area contributed by atoms with Gasteiger partial charge >= 0.3 is 0 Å². The van der Waals surface area contributed by atoms with Gasteiger partial charge in [-0.2, -0.15) is 0 Å². The van der Waals surface area contributed by atoms with Gasteiger partial charge in [0.15, 0.2) is 0 Å². The molecule has 6 heteroatoms. The van der Waals surface area contributed by atoms with Gasteiger partial charge in [0.05, 0.1) is 6.26 Å². The molecule has 0 saturated heterocycles. The van der Waals surface area contributed by atoms with Gasteiger partial charge in [0.1, 0.15) is 5.82 Å². The maximum atomic E-state index is 11.3. The first-order valence-corrected chi connectivity index (χ1v) is 6.09. The smallest absolute Gasteiger partial charge is 0.233 e. The zero-order valence-electron chi connectivity index (χ0n) is 8.32. The fraction of sp³-hybridized carbons (Fsp3) is 0.500. The van der Waals surface area contributed by atoms with E-state index in [1.165, 1.54) is 11.4 Å². The lowest BCUT2D eigenvalue weighted by Crippen LogP contribution is -2.36. The summed E-state index contributed by atoms with van der Waals surface area (Å²) in [5.41, 5.74) is 6.30. The van der Waals surface area contributed by atoms with Crippen molar-refractivity contribution in [3.8, 4) is 0 Å². The highest BCUT2D eigenvalue weighted by Crippen LogP contribution is 2.12. The molecule has 3 N–H and O–H groups in total. The molecule has 1 heterocycles. The van der Waals surface area contributed by atoms with Crippen molar-refractivity contribution in [2.24, 2.45) is 5.73 Å². The van der Waals surface area contributed by atoms with Gasteiger partial charge in [0.2, 0.25) is 10.0 Å². The van der Waals surface area contributed by atoms with Crippen molar-refractivity contribution >= 4 is 10.0 Å². The number of rotatable bonds is 3. The Bertz CT molecular complexity index is 370. The molecular formula is C8H15N3O2S. The first kappa shape index (κ1) is 11.1. The first-order chi connectivity index (χ1) is 6.46. The van der Waals surface area contributed by atoms with Crippen molar-refractivity contribution in [2.45, 2.75) is 0 Å². The lowest BCUT2D eigenvalue weighted by molar-refractivity contribution is 0.503. The van der Waals surface area contributed by atoms with Gasteiger partial charge < -0.3 is 11.1 Å². The highest BCUT2D eigenvalue weighted by Gasteiger charge is 2.18. The van der Waals surface area contributed by atoms with Crippen molar-refractivity contribution in [2.75, 3.05) is 26.4 Å². The van der Waals surface area contributed by atoms with E-state index in [1.54, 1.807) is 0 Å². The Morgan fingerprint density at radius 1 is 1.64 bits per heavy atom. The minimum Gasteiger partial charge on any atom is -0.367 e. The van der Waals surface area contributed by atoms with Crippen LogP contribution in [0.4, 0.5) is 0 Å². The molecule has 0 fully saturated rings. The van der Waals surface area contributed by atoms with E-state index in [-0.39, 0.29) is 0 Å². The van der Waals surface area contributed by atoms with Crippen LogP contribution >= 0.6 is 0 Å². The lowest BCUT2D eigenvalue weighted by atomic mass is 10.2. The zero-order valence-corrected chi connectivity index (χ0v) is 9.13. The molecule has 80 valence electrons. The average molecular weight is 217 g/mol. The number of nitrogens with one attached hydrogen (secondary N) is 1. The normalized spacial score (nSPS) is 16.8. The van der Waals surface area contributed by atoms with Gasteiger partial charge in [-0.1, -0.05) is 12.2 Å². The van der Waals surface area contributed by atoms with Gasteiger partial charge in [0.25, 0.3) is 0 Å². The van der Waals surface area contributed by atoms with Crippen LogP contribution in [-0.4, -0.2) is 39.1 Å². The molecule has 0 saturated carbocycles. The van der Waals surface area contributed by atoms with Crippen LogP contribution in [0.2, 0.25) is 0 Å². The van der Waals surface area contributed by atoms with E-state index >= 15 is 0 Å². The Hall–Kier alpha value is -1.01. The van der Waals surface area contributed by atoms with Crippen LogP contribution in [-0.2, 0) is 10.0 Å². The summed E-state index contributed by atoms with van der Waals surface area (Å²) >= 11 is 0. The fourth-order valence-electron chi connectivity index (χ4n) is 1.19. The van der Waals surface area contributed by atoms with Gasteiger partial charge in [-0.3, -0.25) is 4.31 Å². The number of hydrogen-bond acceptors (Lipinski definition) is 4. The number of hydrogen-bond donors (Lipinski definition) is 2. The third-order valence-electron chi connectivity index (χ3n) is 2.04. The second-order valence-electron chi connectivity index (χ2n) is 3.09. The second-order valence-corrected chi connectivity index (χ2v) is 5.11. The molecular weight excluding hydrogens is 202 g/mol. The van der Waals surface area contributed by atoms with Gasteiger partial charge in [0, 0.05) is 25.7 Å². The Morgan fingerprint density at radius 2 is 2.29 bits per heavy atom. The summed E-state index contributed by atoms with van der Waals surface area (Å²) in [4.78, 5) is 0. The number of nitrogens with two attached hydrogens (primary N) is 1. The van der Waals surface area contributed by atoms with Gasteiger partial charge in [-0.15, -0.1) is 0 Å². The van der Waals surface area contributed by atoms with Gasteiger partial charge in [-0.05, 0) is 0 Å². The average Bonchev–Trinajstić information content (AvgIpc) is 2.15. The summed E-state index contributed by atoms with van der Waals surface area (Å²) in [6.45, 7) is 0.942. The third kappa shape index (κ3) is 2.27. The molecule has 1 aliphatic heterocycles. The molecule has 14 heavy (non-hydrogen) atoms. The maximum absolute atomic E-state index is 11.3. The second kappa shape index (κ2) is 4.02. The van der Waals surface area contributed by atoms with Crippen LogP contribution in [0, 0.1) is 0 Å². The van der Waals surface area contributed by atoms with Crippen LogP contribution in [0.1, 0.15) is 0 Å². The van der Waals surface area contributed by atoms with E-state index < -0.39 is 10.0 Å². The third-order valence-corrected chi connectivity index (χ3v) is 3.22. The fourth-order valence-corrected chi connectivity index (χ4v) is 1.71. The Balaban J connectivity index is 3.06. The topological polar surface area (TPSA) is 75.4 Å². The predicted octanol–water partition coefficient (Wildman–Crippen LogP) is -0.792. The molecule has 5 nitrogen and oxygen atoms in total. The molecule has 0 amide bonds. The van der Waals surface area contributed by atoms with Crippen LogP contribution in [0.25, 0.3) is 0 Å². The summed E-state index contributed by atoms with van der Waals surface area (Å²) in [7, 11) is -1.72. The van der Waals surface area contributed by atoms with Crippen LogP contribution in [0.5, 0.6) is 0 Å². The molecule has 0 aliphatic carbocycles. The molecule has 0 atom stereocenters. The summed E-state index contributed by atoms with van der Waals surface area (Å²) in [6, 6.07) is 0. The Kier molecular flexibility index (Phi) is 3.17. The monoisotopic (exact) mass is 217 g/mol. The van der Waals surface area contributed by atoms with E-state index in [9.17, 15) is 8.42 Å². The highest BCUT2D eigenvalue weighted by atomic mass is 32.2. The summed E-state index contributed by atoms with van der Waals surface area (Å²) in [6.07, 6.45) is 4.91. The SMILES string of the molecule is CN(C1=C(CN)C=CCN1)S(C)(=O)=O. The summed E-state index contributed by atoms with van der Waals surface area (Å²) < 4.78 is 23.8. The number of dihydropyridines is 1. The summed E-state index contributed by atoms with van der Waals surface area (Å²) in [5.74, 6) is 0.567. The van der Waals surface area contributed by atoms with Crippen LogP contribution in [0.15, 0.2) is 23.5 Å². The van der Waals surface area contributed by atoms with Crippen LogP contribution in [0.3, 0.4) is 0 Å². The van der Waals surface area contributed by atoms with E-state index in [2.05, 4.69) is 5.32 Å². The lowest BCUT2D eigenvalue weighted by Gasteiger charge is -2.25. The molecule has 0 aromatic heterocycles. The minimum atomic E-state index is -3.22. The van der Waals surface area contributed by atoms with Crippen molar-refractivity contribution in [1.29, 1.82) is 0 Å². The predicted molar refractivity (Wildman–Crippen MR) is 55.8 cm³/mol. The van der Waals surface area contributed by atoms with Crippen molar-refractivity contribution in [3.63, 3.8) is 0 Å². The van der Waals surface area contributed by atoms with Crippen LogP contribution < -0.4 is 11.1 Å². The molecule has 0 unspecified atom stereocenters. The molecule has 0 radical (unpaired) electrons. The molecule has 0 spiro atoms. The van der Waals surface area contributed by atoms with Crippen molar-refractivity contribution in [1.82, 2.24) is 9.62 Å². The number of nitrogens with zero attached hydrogens (tertiary/aromatic N) is 1. The first-order valence-electron chi connectivity index (χ1n) is 4.24.